The predicted octanol–water partition coefficient (Wildman–Crippen LogP) is 4.90. The number of hydrogen-bond acceptors (Lipinski definition) is 11. The number of rotatable bonds is 9. The third kappa shape index (κ3) is 5.85. The SMILES string of the molecule is CCOC(=O)Cc1csc(NC(=O)C(C)OC(=O)c2ccc3nc(-c4ccco4)c(-c4ccco4)nc3c2)n1. The molecule has 39 heavy (non-hydrogen) atoms. The zero-order valence-electron chi connectivity index (χ0n) is 20.9. The van der Waals surface area contributed by atoms with Crippen LogP contribution in [0.15, 0.2) is 69.2 Å². The van der Waals surface area contributed by atoms with Gasteiger partial charge in [0.1, 0.15) is 11.4 Å². The van der Waals surface area contributed by atoms with Crippen molar-refractivity contribution < 1.29 is 32.7 Å². The lowest BCUT2D eigenvalue weighted by Gasteiger charge is -2.13. The van der Waals surface area contributed by atoms with Gasteiger partial charge in [-0.25, -0.2) is 19.7 Å². The minimum atomic E-state index is -1.11. The number of nitrogens with one attached hydrogen (secondary N) is 1. The minimum Gasteiger partial charge on any atom is -0.466 e. The standard InChI is InChI=1S/C27H22N4O7S/c1-3-35-22(32)13-17-14-39-27(28-17)31-25(33)15(2)38-26(34)16-8-9-18-19(12-16)30-24(21-7-5-11-37-21)23(29-18)20-6-4-10-36-20/h4-12,14-15H,3,13H2,1-2H3,(H,28,31,33). The van der Waals surface area contributed by atoms with Crippen LogP contribution in [-0.2, 0) is 25.5 Å². The van der Waals surface area contributed by atoms with Crippen LogP contribution in [-0.4, -0.2) is 45.5 Å². The van der Waals surface area contributed by atoms with E-state index in [9.17, 15) is 14.4 Å². The molecule has 4 aromatic heterocycles. The Hall–Kier alpha value is -4.84. The van der Waals surface area contributed by atoms with Crippen molar-refractivity contribution in [2.24, 2.45) is 0 Å². The first-order valence-electron chi connectivity index (χ1n) is 11.9. The molecule has 0 aliphatic rings. The topological polar surface area (TPSA) is 147 Å². The molecule has 198 valence electrons. The Kier molecular flexibility index (Phi) is 7.46. The molecule has 0 aliphatic heterocycles. The summed E-state index contributed by atoms with van der Waals surface area (Å²) in [5.41, 5.74) is 2.57. The second kappa shape index (κ2) is 11.3. The fourth-order valence-electron chi connectivity index (χ4n) is 3.65. The van der Waals surface area contributed by atoms with Gasteiger partial charge in [-0.3, -0.25) is 14.9 Å². The number of nitrogens with zero attached hydrogens (tertiary/aromatic N) is 3. The van der Waals surface area contributed by atoms with Gasteiger partial charge >= 0.3 is 11.9 Å². The van der Waals surface area contributed by atoms with Crippen LogP contribution in [0.4, 0.5) is 5.13 Å². The molecule has 12 heteroatoms. The Morgan fingerprint density at radius 2 is 1.67 bits per heavy atom. The molecule has 0 radical (unpaired) electrons. The van der Waals surface area contributed by atoms with E-state index in [4.69, 9.17) is 18.3 Å². The smallest absolute Gasteiger partial charge is 0.338 e. The van der Waals surface area contributed by atoms with Gasteiger partial charge in [-0.2, -0.15) is 0 Å². The molecule has 1 atom stereocenters. The van der Waals surface area contributed by atoms with Gasteiger partial charge < -0.3 is 18.3 Å². The van der Waals surface area contributed by atoms with Crippen LogP contribution in [0.2, 0.25) is 0 Å². The molecule has 11 nitrogen and oxygen atoms in total. The molecular formula is C27H22N4O7S. The van der Waals surface area contributed by atoms with Gasteiger partial charge in [-0.1, -0.05) is 0 Å². The van der Waals surface area contributed by atoms with Gasteiger partial charge in [0.25, 0.3) is 5.91 Å². The lowest BCUT2D eigenvalue weighted by Crippen LogP contribution is -2.30. The highest BCUT2D eigenvalue weighted by molar-refractivity contribution is 7.13. The first-order valence-corrected chi connectivity index (χ1v) is 12.8. The van der Waals surface area contributed by atoms with Crippen molar-refractivity contribution in [2.45, 2.75) is 26.4 Å². The maximum atomic E-state index is 12.9. The highest BCUT2D eigenvalue weighted by Crippen LogP contribution is 2.31. The van der Waals surface area contributed by atoms with Gasteiger partial charge in [0.2, 0.25) is 0 Å². The Morgan fingerprint density at radius 3 is 2.31 bits per heavy atom. The van der Waals surface area contributed by atoms with Crippen molar-refractivity contribution >= 4 is 45.3 Å². The van der Waals surface area contributed by atoms with Crippen molar-refractivity contribution in [3.63, 3.8) is 0 Å². The van der Waals surface area contributed by atoms with E-state index in [0.29, 0.717) is 39.6 Å². The molecule has 0 fully saturated rings. The van der Waals surface area contributed by atoms with Gasteiger partial charge in [-0.05, 0) is 56.3 Å². The van der Waals surface area contributed by atoms with E-state index in [1.54, 1.807) is 55.0 Å². The summed E-state index contributed by atoms with van der Waals surface area (Å²) in [6.45, 7) is 3.44. The van der Waals surface area contributed by atoms with Gasteiger partial charge in [0.15, 0.2) is 22.8 Å². The van der Waals surface area contributed by atoms with Crippen LogP contribution in [0.25, 0.3) is 33.9 Å². The second-order valence-electron chi connectivity index (χ2n) is 8.24. The van der Waals surface area contributed by atoms with Crippen LogP contribution in [0.1, 0.15) is 29.9 Å². The van der Waals surface area contributed by atoms with E-state index in [0.717, 1.165) is 11.3 Å². The average molecular weight is 547 g/mol. The molecule has 5 aromatic rings. The lowest BCUT2D eigenvalue weighted by molar-refractivity contribution is -0.142. The molecular weight excluding hydrogens is 524 g/mol. The van der Waals surface area contributed by atoms with E-state index in [-0.39, 0.29) is 23.7 Å². The molecule has 0 aliphatic carbocycles. The molecule has 0 saturated carbocycles. The fourth-order valence-corrected chi connectivity index (χ4v) is 4.36. The van der Waals surface area contributed by atoms with Gasteiger partial charge in [-0.15, -0.1) is 11.3 Å². The number of carbonyl (C=O) groups excluding carboxylic acids is 3. The van der Waals surface area contributed by atoms with Gasteiger partial charge in [0.05, 0.1) is 47.8 Å². The number of ether oxygens (including phenoxy) is 2. The zero-order valence-corrected chi connectivity index (χ0v) is 21.7. The fraction of sp³-hybridized carbons (Fsp3) is 0.185. The molecule has 1 unspecified atom stereocenters. The third-order valence-corrected chi connectivity index (χ3v) is 6.28. The molecule has 1 amide bonds. The molecule has 5 rings (SSSR count). The Bertz CT molecular complexity index is 1630. The molecule has 1 aromatic carbocycles. The minimum absolute atomic E-state index is 0.000246. The van der Waals surface area contributed by atoms with Gasteiger partial charge in [0, 0.05) is 5.38 Å². The number of furan rings is 2. The maximum absolute atomic E-state index is 12.9. The first kappa shape index (κ1) is 25.8. The number of anilines is 1. The first-order chi connectivity index (χ1) is 18.9. The summed E-state index contributed by atoms with van der Waals surface area (Å²) in [5.74, 6) is -0.673. The molecule has 0 spiro atoms. The summed E-state index contributed by atoms with van der Waals surface area (Å²) in [4.78, 5) is 50.6. The number of carbonyl (C=O) groups is 3. The van der Waals surface area contributed by atoms with Crippen molar-refractivity contribution in [3.05, 3.63) is 71.6 Å². The number of fused-ring (bicyclic) bond motifs is 1. The summed E-state index contributed by atoms with van der Waals surface area (Å²) in [5, 5.41) is 4.52. The van der Waals surface area contributed by atoms with E-state index in [1.165, 1.54) is 19.3 Å². The quantitative estimate of drug-likeness (QED) is 0.253. The third-order valence-electron chi connectivity index (χ3n) is 5.47. The Balaban J connectivity index is 1.30. The van der Waals surface area contributed by atoms with E-state index >= 15 is 0 Å². The van der Waals surface area contributed by atoms with Crippen LogP contribution in [0.5, 0.6) is 0 Å². The highest BCUT2D eigenvalue weighted by Gasteiger charge is 2.22. The van der Waals surface area contributed by atoms with E-state index in [2.05, 4.69) is 20.3 Å². The van der Waals surface area contributed by atoms with Crippen LogP contribution < -0.4 is 5.32 Å². The number of aromatic nitrogens is 3. The normalized spacial score (nSPS) is 11.7. The molecule has 0 bridgehead atoms. The summed E-state index contributed by atoms with van der Waals surface area (Å²) < 4.78 is 21.3. The Labute approximate surface area is 225 Å². The Morgan fingerprint density at radius 1 is 0.974 bits per heavy atom. The van der Waals surface area contributed by atoms with E-state index < -0.39 is 23.9 Å². The number of esters is 2. The summed E-state index contributed by atoms with van der Waals surface area (Å²) in [7, 11) is 0. The monoisotopic (exact) mass is 546 g/mol. The van der Waals surface area contributed by atoms with Crippen molar-refractivity contribution in [1.29, 1.82) is 0 Å². The summed E-state index contributed by atoms with van der Waals surface area (Å²) >= 11 is 1.15. The lowest BCUT2D eigenvalue weighted by atomic mass is 10.1. The number of amides is 1. The molecule has 0 saturated heterocycles. The zero-order chi connectivity index (χ0) is 27.4. The average Bonchev–Trinajstić information content (AvgIpc) is 3.71. The van der Waals surface area contributed by atoms with Crippen LogP contribution >= 0.6 is 11.3 Å². The van der Waals surface area contributed by atoms with E-state index in [1.807, 2.05) is 0 Å². The largest absolute Gasteiger partial charge is 0.466 e. The predicted molar refractivity (Wildman–Crippen MR) is 141 cm³/mol. The maximum Gasteiger partial charge on any atom is 0.338 e. The number of benzene rings is 1. The summed E-state index contributed by atoms with van der Waals surface area (Å²) in [6, 6.07) is 11.7. The molecule has 4 heterocycles. The molecule has 1 N–H and O–H groups in total. The van der Waals surface area contributed by atoms with Crippen molar-refractivity contribution in [2.75, 3.05) is 11.9 Å². The van der Waals surface area contributed by atoms with Crippen LogP contribution in [0.3, 0.4) is 0 Å². The van der Waals surface area contributed by atoms with Crippen LogP contribution in [0, 0.1) is 0 Å². The second-order valence-corrected chi connectivity index (χ2v) is 9.10. The highest BCUT2D eigenvalue weighted by atomic mass is 32.1. The van der Waals surface area contributed by atoms with Crippen molar-refractivity contribution in [1.82, 2.24) is 15.0 Å². The number of hydrogen-bond donors (Lipinski definition) is 1. The van der Waals surface area contributed by atoms with Crippen molar-refractivity contribution in [3.8, 4) is 22.9 Å². The number of thiazole rings is 1. The summed E-state index contributed by atoms with van der Waals surface area (Å²) in [6.07, 6.45) is 1.96.